The fourth-order valence-electron chi connectivity index (χ4n) is 8.25. The SMILES string of the molecule is C=CCO[C@@]12Oc3ccc(OC(=O)NCc4ccccc4)cc3[C@H]3[C@H](CCCCO)[C@@H](CCCCO)C=C(C(=NOC(C)(C)C)C[C@@H]1N(C)C(=O)OCC)[C@H]32. The second kappa shape index (κ2) is 19.0. The minimum Gasteiger partial charge on any atom is -0.459 e. The number of nitrogens with one attached hydrogen (secondary N) is 1. The predicted molar refractivity (Wildman–Crippen MR) is 210 cm³/mol. The Morgan fingerprint density at radius 3 is 2.47 bits per heavy atom. The maximum atomic E-state index is 13.6. The summed E-state index contributed by atoms with van der Waals surface area (Å²) in [5.74, 6) is -1.17. The first-order chi connectivity index (χ1) is 26.5. The molecule has 1 saturated carbocycles. The number of carbonyl (C=O) groups is 2. The van der Waals surface area contributed by atoms with E-state index in [1.54, 1.807) is 31.0 Å². The van der Waals surface area contributed by atoms with Crippen LogP contribution in [0, 0.1) is 17.8 Å². The van der Waals surface area contributed by atoms with E-state index in [2.05, 4.69) is 18.0 Å². The number of carbonyl (C=O) groups excluding carboxylic acids is 2. The van der Waals surface area contributed by atoms with Crippen LogP contribution in [0.1, 0.15) is 89.7 Å². The summed E-state index contributed by atoms with van der Waals surface area (Å²) in [5.41, 5.74) is 2.80. The third kappa shape index (κ3) is 9.89. The normalized spacial score (nSPS) is 24.7. The van der Waals surface area contributed by atoms with E-state index in [0.29, 0.717) is 36.6 Å². The van der Waals surface area contributed by atoms with E-state index in [4.69, 9.17) is 28.9 Å². The Hall–Kier alpha value is -4.39. The standard InChI is InChI=1S/C43H59N3O9/c1-7-24-52-43-37(46(6)41(50)51-8-2)27-35(45-55-42(3,4)5)33-25-30(18-12-14-22-47)32(19-13-15-23-48)38(39(33)43)34-26-31(20-21-36(34)54-43)53-40(49)44-28-29-16-10-9-11-17-29/h7,9-11,16-17,20-21,25-26,30,32,37-39,47-48H,1,8,12-15,18-19,22-24,27-28H2,2-6H3,(H,44,49)/t30-,32+,37-,38+,39+,43+/m0/s1. The number of likely N-dealkylation sites (N-methyl/N-ethyl adjacent to an activating group) is 1. The molecule has 0 unspecified atom stereocenters. The Balaban J connectivity index is 1.69. The highest BCUT2D eigenvalue weighted by Gasteiger charge is 2.65. The maximum Gasteiger partial charge on any atom is 0.412 e. The van der Waals surface area contributed by atoms with E-state index in [1.165, 1.54) is 0 Å². The highest BCUT2D eigenvalue weighted by Crippen LogP contribution is 2.61. The van der Waals surface area contributed by atoms with Crippen molar-refractivity contribution in [2.45, 2.75) is 103 Å². The molecule has 3 aliphatic rings. The van der Waals surface area contributed by atoms with Gasteiger partial charge in [0.15, 0.2) is 0 Å². The average molecular weight is 762 g/mol. The number of hydrogen-bond donors (Lipinski definition) is 3. The number of rotatable bonds is 17. The van der Waals surface area contributed by atoms with Crippen LogP contribution < -0.4 is 14.8 Å². The van der Waals surface area contributed by atoms with Crippen LogP contribution in [-0.2, 0) is 20.9 Å². The molecule has 1 fully saturated rings. The quantitative estimate of drug-likeness (QED) is 0.0847. The smallest absolute Gasteiger partial charge is 0.412 e. The molecule has 2 aromatic carbocycles. The van der Waals surface area contributed by atoms with E-state index in [9.17, 15) is 19.8 Å². The summed E-state index contributed by atoms with van der Waals surface area (Å²) in [7, 11) is 1.69. The summed E-state index contributed by atoms with van der Waals surface area (Å²) in [6, 6.07) is 14.3. The van der Waals surface area contributed by atoms with Gasteiger partial charge in [-0.15, -0.1) is 6.58 Å². The Kier molecular flexibility index (Phi) is 14.4. The molecule has 12 nitrogen and oxygen atoms in total. The largest absolute Gasteiger partial charge is 0.459 e. The second-order valence-corrected chi connectivity index (χ2v) is 15.5. The van der Waals surface area contributed by atoms with Gasteiger partial charge in [-0.25, -0.2) is 9.59 Å². The molecule has 12 heteroatoms. The lowest BCUT2D eigenvalue weighted by atomic mass is 9.55. The van der Waals surface area contributed by atoms with E-state index in [1.807, 2.05) is 63.2 Å². The number of nitrogens with zero attached hydrogens (tertiary/aromatic N) is 2. The summed E-state index contributed by atoms with van der Waals surface area (Å²) in [6.45, 7) is 12.3. The number of oxime groups is 1. The lowest BCUT2D eigenvalue weighted by Crippen LogP contribution is -2.69. The number of amides is 2. The molecule has 2 amide bonds. The first-order valence-electron chi connectivity index (χ1n) is 19.6. The summed E-state index contributed by atoms with van der Waals surface area (Å²) in [6.07, 6.45) is 7.58. The topological polar surface area (TPSA) is 148 Å². The van der Waals surface area contributed by atoms with Crippen molar-refractivity contribution in [3.05, 3.63) is 84.0 Å². The van der Waals surface area contributed by atoms with Crippen molar-refractivity contribution in [1.29, 1.82) is 0 Å². The molecule has 5 rings (SSSR count). The van der Waals surface area contributed by atoms with Gasteiger partial charge in [-0.1, -0.05) is 60.5 Å². The van der Waals surface area contributed by atoms with Crippen molar-refractivity contribution < 1.29 is 43.6 Å². The third-order valence-corrected chi connectivity index (χ3v) is 10.6. The first kappa shape index (κ1) is 41.8. The molecule has 1 heterocycles. The van der Waals surface area contributed by atoms with Crippen LogP contribution in [0.2, 0.25) is 0 Å². The monoisotopic (exact) mass is 761 g/mol. The van der Waals surface area contributed by atoms with Crippen LogP contribution >= 0.6 is 0 Å². The molecule has 3 N–H and O–H groups in total. The maximum absolute atomic E-state index is 13.6. The van der Waals surface area contributed by atoms with Crippen molar-refractivity contribution in [2.75, 3.05) is 33.5 Å². The zero-order valence-corrected chi connectivity index (χ0v) is 33.0. The number of benzene rings is 2. The Labute approximate surface area is 325 Å². The molecular weight excluding hydrogens is 702 g/mol. The van der Waals surface area contributed by atoms with Crippen molar-refractivity contribution in [3.63, 3.8) is 0 Å². The molecule has 0 spiro atoms. The van der Waals surface area contributed by atoms with Crippen molar-refractivity contribution in [2.24, 2.45) is 22.9 Å². The fraction of sp³-hybridized carbons (Fsp3) is 0.558. The first-order valence-corrected chi connectivity index (χ1v) is 19.6. The van der Waals surface area contributed by atoms with Crippen LogP contribution in [0.4, 0.5) is 9.59 Å². The minimum absolute atomic E-state index is 0.0203. The Bertz CT molecular complexity index is 1670. The predicted octanol–water partition coefficient (Wildman–Crippen LogP) is 7.50. The van der Waals surface area contributed by atoms with Gasteiger partial charge in [0.05, 0.1) is 24.8 Å². The molecule has 0 radical (unpaired) electrons. The number of aliphatic hydroxyl groups is 2. The third-order valence-electron chi connectivity index (χ3n) is 10.6. The molecule has 300 valence electrons. The molecule has 6 atom stereocenters. The van der Waals surface area contributed by atoms with Crippen LogP contribution in [0.5, 0.6) is 11.5 Å². The average Bonchev–Trinajstić information content (AvgIpc) is 3.16. The van der Waals surface area contributed by atoms with Crippen LogP contribution in [-0.4, -0.2) is 83.9 Å². The van der Waals surface area contributed by atoms with Gasteiger partial charge in [-0.2, -0.15) is 0 Å². The van der Waals surface area contributed by atoms with Gasteiger partial charge in [-0.05, 0) is 94.5 Å². The molecule has 2 aliphatic carbocycles. The summed E-state index contributed by atoms with van der Waals surface area (Å²) >= 11 is 0. The van der Waals surface area contributed by atoms with Gasteiger partial charge in [0, 0.05) is 44.7 Å². The molecule has 0 saturated heterocycles. The van der Waals surface area contributed by atoms with Crippen molar-refractivity contribution in [1.82, 2.24) is 10.2 Å². The molecular formula is C43H59N3O9. The minimum atomic E-state index is -1.40. The highest BCUT2D eigenvalue weighted by atomic mass is 16.7. The van der Waals surface area contributed by atoms with Gasteiger partial charge >= 0.3 is 12.2 Å². The van der Waals surface area contributed by atoms with Crippen LogP contribution in [0.3, 0.4) is 0 Å². The van der Waals surface area contributed by atoms with Gasteiger partial charge in [0.2, 0.25) is 5.79 Å². The second-order valence-electron chi connectivity index (χ2n) is 15.5. The molecule has 0 bridgehead atoms. The number of aliphatic hydroxyl groups excluding tert-OH is 2. The van der Waals surface area contributed by atoms with Gasteiger partial charge in [-0.3, -0.25) is 0 Å². The lowest BCUT2D eigenvalue weighted by molar-refractivity contribution is -0.253. The van der Waals surface area contributed by atoms with Gasteiger partial charge in [0.1, 0.15) is 23.1 Å². The Morgan fingerprint density at radius 1 is 1.07 bits per heavy atom. The molecule has 2 aromatic rings. The summed E-state index contributed by atoms with van der Waals surface area (Å²) < 4.78 is 25.4. The van der Waals surface area contributed by atoms with Crippen molar-refractivity contribution in [3.8, 4) is 11.5 Å². The molecule has 55 heavy (non-hydrogen) atoms. The zero-order valence-electron chi connectivity index (χ0n) is 33.0. The van der Waals surface area contributed by atoms with Gasteiger partial charge in [0.25, 0.3) is 0 Å². The van der Waals surface area contributed by atoms with Crippen LogP contribution in [0.25, 0.3) is 0 Å². The highest BCUT2D eigenvalue weighted by molar-refractivity contribution is 6.03. The molecule has 1 aliphatic heterocycles. The summed E-state index contributed by atoms with van der Waals surface area (Å²) in [5, 5.41) is 27.3. The fourth-order valence-corrected chi connectivity index (χ4v) is 8.25. The van der Waals surface area contributed by atoms with E-state index in [-0.39, 0.29) is 50.6 Å². The summed E-state index contributed by atoms with van der Waals surface area (Å²) in [4.78, 5) is 34.3. The lowest BCUT2D eigenvalue weighted by Gasteiger charge is -2.59. The van der Waals surface area contributed by atoms with E-state index >= 15 is 0 Å². The van der Waals surface area contributed by atoms with Crippen LogP contribution in [0.15, 0.2) is 78.0 Å². The number of ether oxygens (including phenoxy) is 4. The number of unbranched alkanes of at least 4 members (excludes halogenated alkanes) is 2. The van der Waals surface area contributed by atoms with Crippen molar-refractivity contribution >= 4 is 17.9 Å². The Morgan fingerprint density at radius 2 is 1.80 bits per heavy atom. The zero-order chi connectivity index (χ0) is 39.6. The van der Waals surface area contributed by atoms with Gasteiger partial charge < -0.3 is 44.2 Å². The number of fused-ring (bicyclic) bond motifs is 2. The number of allylic oxidation sites excluding steroid dienone is 1. The molecule has 0 aromatic heterocycles. The van der Waals surface area contributed by atoms with E-state index < -0.39 is 35.5 Å². The number of hydrogen-bond acceptors (Lipinski definition) is 10. The van der Waals surface area contributed by atoms with E-state index in [0.717, 1.165) is 42.4 Å².